The summed E-state index contributed by atoms with van der Waals surface area (Å²) in [5.41, 5.74) is 15.4. The second-order valence-corrected chi connectivity index (χ2v) is 14.5. The van der Waals surface area contributed by atoms with E-state index >= 15 is 0 Å². The number of aromatic nitrogens is 1. The van der Waals surface area contributed by atoms with E-state index in [2.05, 4.69) is 234 Å². The van der Waals surface area contributed by atoms with Gasteiger partial charge in [-0.3, -0.25) is 0 Å². The zero-order valence-electron chi connectivity index (χ0n) is 31.0. The number of hydrogen-bond donors (Lipinski definition) is 0. The third-order valence-corrected chi connectivity index (χ3v) is 11.1. The van der Waals surface area contributed by atoms with Crippen LogP contribution in [0.3, 0.4) is 0 Å². The lowest BCUT2D eigenvalue weighted by Crippen LogP contribution is -2.10. The van der Waals surface area contributed by atoms with E-state index in [9.17, 15) is 0 Å². The van der Waals surface area contributed by atoms with Crippen LogP contribution in [-0.2, 0) is 0 Å². The highest BCUT2D eigenvalue weighted by Gasteiger charge is 2.21. The van der Waals surface area contributed by atoms with E-state index in [-0.39, 0.29) is 0 Å². The molecule has 0 radical (unpaired) electrons. The molecule has 1 unspecified atom stereocenters. The molecule has 0 amide bonds. The summed E-state index contributed by atoms with van der Waals surface area (Å²) in [5.74, 6) is 0.400. The van der Waals surface area contributed by atoms with Gasteiger partial charge < -0.3 is 9.47 Å². The lowest BCUT2D eigenvalue weighted by Gasteiger charge is -2.27. The normalized spacial score (nSPS) is 13.7. The predicted octanol–water partition coefficient (Wildman–Crippen LogP) is 14.9. The van der Waals surface area contributed by atoms with Crippen molar-refractivity contribution in [2.75, 3.05) is 4.90 Å². The zero-order valence-corrected chi connectivity index (χ0v) is 31.0. The summed E-state index contributed by atoms with van der Waals surface area (Å²) in [6.07, 6.45) is 9.89. The van der Waals surface area contributed by atoms with E-state index in [4.69, 9.17) is 0 Å². The first-order valence-corrected chi connectivity index (χ1v) is 19.5. The van der Waals surface area contributed by atoms with Crippen LogP contribution in [0, 0.1) is 0 Å². The van der Waals surface area contributed by atoms with Crippen LogP contribution in [0.25, 0.3) is 60.9 Å². The molecule has 1 aromatic heterocycles. The van der Waals surface area contributed by atoms with E-state index in [0.717, 1.165) is 29.2 Å². The van der Waals surface area contributed by atoms with Crippen molar-refractivity contribution in [1.82, 2.24) is 4.57 Å². The van der Waals surface area contributed by atoms with Crippen molar-refractivity contribution in [2.45, 2.75) is 12.3 Å². The Bertz CT molecular complexity index is 2850. The van der Waals surface area contributed by atoms with Crippen molar-refractivity contribution in [3.63, 3.8) is 0 Å². The average molecular weight is 717 g/mol. The van der Waals surface area contributed by atoms with Crippen LogP contribution in [0.1, 0.15) is 17.9 Å². The quantitative estimate of drug-likeness (QED) is 0.152. The second-order valence-electron chi connectivity index (χ2n) is 14.5. The Morgan fingerprint density at radius 2 is 1.05 bits per heavy atom. The van der Waals surface area contributed by atoms with Crippen LogP contribution in [-0.4, -0.2) is 4.57 Å². The molecule has 56 heavy (non-hydrogen) atoms. The van der Waals surface area contributed by atoms with Gasteiger partial charge in [0.1, 0.15) is 0 Å². The van der Waals surface area contributed by atoms with Crippen molar-refractivity contribution >= 4 is 38.9 Å². The molecule has 0 spiro atoms. The number of rotatable bonds is 8. The average Bonchev–Trinajstić information content (AvgIpc) is 3.63. The second kappa shape index (κ2) is 14.6. The number of allylic oxidation sites excluding steroid dienone is 4. The molecule has 0 saturated carbocycles. The van der Waals surface area contributed by atoms with Gasteiger partial charge in [0.25, 0.3) is 0 Å². The molecule has 2 heteroatoms. The number of benzene rings is 8. The molecule has 1 aliphatic rings. The maximum atomic E-state index is 2.44. The molecule has 1 atom stereocenters. The summed E-state index contributed by atoms with van der Waals surface area (Å²) >= 11 is 0. The van der Waals surface area contributed by atoms with Crippen LogP contribution < -0.4 is 4.90 Å². The van der Waals surface area contributed by atoms with Gasteiger partial charge in [-0.15, -0.1) is 0 Å². The smallest absolute Gasteiger partial charge is 0.0619 e. The van der Waals surface area contributed by atoms with Crippen LogP contribution in [0.5, 0.6) is 0 Å². The molecule has 9 aromatic rings. The van der Waals surface area contributed by atoms with Gasteiger partial charge in [-0.05, 0) is 94.4 Å². The van der Waals surface area contributed by atoms with E-state index in [0.29, 0.717) is 5.92 Å². The first kappa shape index (κ1) is 33.4. The lowest BCUT2D eigenvalue weighted by atomic mass is 9.92. The van der Waals surface area contributed by atoms with Crippen molar-refractivity contribution < 1.29 is 0 Å². The van der Waals surface area contributed by atoms with Gasteiger partial charge in [0, 0.05) is 45.0 Å². The van der Waals surface area contributed by atoms with E-state index in [1.54, 1.807) is 0 Å². The Morgan fingerprint density at radius 3 is 1.77 bits per heavy atom. The molecular weight excluding hydrogens is 677 g/mol. The standard InChI is InChI=1S/C54H40N2/c1-5-16-39(17-6-1)41-30-34-46(35-31-41)55(47-36-32-42(33-37-47)40-18-7-2-8-19-40)48-25-13-22-44(38-48)49-26-15-29-52-53(49)51-28-14-27-50(43-20-9-3-10-21-43)54(51)56(52)45-23-11-4-12-24-45/h1-18,20-38,40H,19H2. The summed E-state index contributed by atoms with van der Waals surface area (Å²) < 4.78 is 2.44. The van der Waals surface area contributed by atoms with Gasteiger partial charge in [-0.1, -0.05) is 170 Å². The minimum Gasteiger partial charge on any atom is -0.310 e. The van der Waals surface area contributed by atoms with Gasteiger partial charge >= 0.3 is 0 Å². The number of para-hydroxylation sites is 2. The monoisotopic (exact) mass is 716 g/mol. The minimum atomic E-state index is 0.400. The first-order chi connectivity index (χ1) is 27.8. The summed E-state index contributed by atoms with van der Waals surface area (Å²) in [5, 5.41) is 2.49. The molecule has 0 N–H and O–H groups in total. The molecule has 266 valence electrons. The Labute approximate surface area is 328 Å². The summed E-state index contributed by atoms with van der Waals surface area (Å²) in [6, 6.07) is 72.8. The first-order valence-electron chi connectivity index (χ1n) is 19.5. The van der Waals surface area contributed by atoms with Crippen LogP contribution in [0.2, 0.25) is 0 Å². The highest BCUT2D eigenvalue weighted by molar-refractivity contribution is 6.19. The van der Waals surface area contributed by atoms with Gasteiger partial charge in [0.15, 0.2) is 0 Å². The Hall–Kier alpha value is -7.16. The molecule has 8 aromatic carbocycles. The van der Waals surface area contributed by atoms with Gasteiger partial charge in [0.2, 0.25) is 0 Å². The third kappa shape index (κ3) is 6.12. The molecule has 0 fully saturated rings. The maximum absolute atomic E-state index is 2.44. The zero-order chi connectivity index (χ0) is 37.3. The summed E-state index contributed by atoms with van der Waals surface area (Å²) in [4.78, 5) is 2.39. The maximum Gasteiger partial charge on any atom is 0.0619 e. The van der Waals surface area contributed by atoms with Crippen LogP contribution >= 0.6 is 0 Å². The predicted molar refractivity (Wildman–Crippen MR) is 237 cm³/mol. The molecule has 1 heterocycles. The Kier molecular flexibility index (Phi) is 8.70. The molecule has 1 aliphatic carbocycles. The van der Waals surface area contributed by atoms with Crippen molar-refractivity contribution in [2.24, 2.45) is 0 Å². The third-order valence-electron chi connectivity index (χ3n) is 11.1. The van der Waals surface area contributed by atoms with Gasteiger partial charge in [-0.2, -0.15) is 0 Å². The largest absolute Gasteiger partial charge is 0.310 e. The number of fused-ring (bicyclic) bond motifs is 3. The number of anilines is 3. The van der Waals surface area contributed by atoms with E-state index < -0.39 is 0 Å². The van der Waals surface area contributed by atoms with Gasteiger partial charge in [0.05, 0.1) is 11.0 Å². The molecule has 2 nitrogen and oxygen atoms in total. The summed E-state index contributed by atoms with van der Waals surface area (Å²) in [7, 11) is 0. The molecule has 0 aliphatic heterocycles. The molecular formula is C54H40N2. The Balaban J connectivity index is 1.14. The fourth-order valence-corrected chi connectivity index (χ4v) is 8.44. The van der Waals surface area contributed by atoms with Crippen molar-refractivity contribution in [3.05, 3.63) is 230 Å². The number of hydrogen-bond acceptors (Lipinski definition) is 1. The molecule has 10 rings (SSSR count). The highest BCUT2D eigenvalue weighted by atomic mass is 15.1. The number of nitrogens with zero attached hydrogens (tertiary/aromatic N) is 2. The topological polar surface area (TPSA) is 8.17 Å². The van der Waals surface area contributed by atoms with E-state index in [1.165, 1.54) is 60.8 Å². The van der Waals surface area contributed by atoms with Crippen LogP contribution in [0.4, 0.5) is 17.1 Å². The van der Waals surface area contributed by atoms with Crippen molar-refractivity contribution in [3.8, 4) is 39.1 Å². The van der Waals surface area contributed by atoms with Gasteiger partial charge in [-0.25, -0.2) is 0 Å². The fraction of sp³-hybridized carbons (Fsp3) is 0.0370. The van der Waals surface area contributed by atoms with Crippen LogP contribution in [0.15, 0.2) is 224 Å². The van der Waals surface area contributed by atoms with Crippen molar-refractivity contribution in [1.29, 1.82) is 0 Å². The molecule has 0 bridgehead atoms. The SMILES string of the molecule is C1=CCC(c2ccc(N(c3ccc(-c4ccccc4)cc3)c3cccc(-c4cccc5c4c4cccc(-c6ccccc6)c4n5-c4ccccc4)c3)cc2)C=C1. The highest BCUT2D eigenvalue weighted by Crippen LogP contribution is 2.44. The molecule has 0 saturated heterocycles. The van der Waals surface area contributed by atoms with E-state index in [1.807, 2.05) is 0 Å². The lowest BCUT2D eigenvalue weighted by molar-refractivity contribution is 0.854. The summed E-state index contributed by atoms with van der Waals surface area (Å²) in [6.45, 7) is 0. The fourth-order valence-electron chi connectivity index (χ4n) is 8.44. The Morgan fingerprint density at radius 1 is 0.446 bits per heavy atom. The minimum absolute atomic E-state index is 0.400.